The highest BCUT2D eigenvalue weighted by molar-refractivity contribution is 7.88. The van der Waals surface area contributed by atoms with Crippen LogP contribution in [0.1, 0.15) is 19.8 Å². The zero-order chi connectivity index (χ0) is 12.9. The molecule has 0 aromatic rings. The van der Waals surface area contributed by atoms with Gasteiger partial charge in [-0.15, -0.1) is 0 Å². The molecule has 0 saturated carbocycles. The van der Waals surface area contributed by atoms with Crippen molar-refractivity contribution in [3.05, 3.63) is 0 Å². The quantitative estimate of drug-likeness (QED) is 0.558. The minimum atomic E-state index is -3.17. The van der Waals surface area contributed by atoms with Crippen molar-refractivity contribution >= 4 is 15.9 Å². The Hall–Kier alpha value is -0.660. The third kappa shape index (κ3) is 5.01. The lowest BCUT2D eigenvalue weighted by atomic mass is 9.80. The molecule has 0 radical (unpaired) electrons. The average molecular weight is 263 g/mol. The lowest BCUT2D eigenvalue weighted by Crippen LogP contribution is -2.47. The van der Waals surface area contributed by atoms with Crippen LogP contribution in [-0.2, 0) is 14.8 Å². The van der Waals surface area contributed by atoms with Gasteiger partial charge < -0.3 is 10.6 Å². The van der Waals surface area contributed by atoms with E-state index in [-0.39, 0.29) is 17.9 Å². The second-order valence-electron chi connectivity index (χ2n) is 4.73. The van der Waals surface area contributed by atoms with Gasteiger partial charge in [-0.2, -0.15) is 0 Å². The molecule has 1 saturated heterocycles. The lowest BCUT2D eigenvalue weighted by Gasteiger charge is -2.32. The molecule has 17 heavy (non-hydrogen) atoms. The van der Waals surface area contributed by atoms with Crippen molar-refractivity contribution in [2.24, 2.45) is 5.41 Å². The van der Waals surface area contributed by atoms with Crippen LogP contribution in [0.2, 0.25) is 0 Å². The van der Waals surface area contributed by atoms with Gasteiger partial charge in [0.05, 0.1) is 6.26 Å². The molecule has 1 fully saturated rings. The van der Waals surface area contributed by atoms with Gasteiger partial charge in [0.2, 0.25) is 15.9 Å². The number of rotatable bonds is 5. The van der Waals surface area contributed by atoms with Gasteiger partial charge >= 0.3 is 0 Å². The first-order valence-electron chi connectivity index (χ1n) is 5.77. The average Bonchev–Trinajstić information content (AvgIpc) is 2.24. The minimum absolute atomic E-state index is 0.00861. The molecule has 1 heterocycles. The monoisotopic (exact) mass is 263 g/mol. The summed E-state index contributed by atoms with van der Waals surface area (Å²) in [6.07, 6.45) is 2.74. The smallest absolute Gasteiger partial charge is 0.226 e. The molecule has 0 atom stereocenters. The molecular weight excluding hydrogens is 242 g/mol. The van der Waals surface area contributed by atoms with Crippen molar-refractivity contribution in [1.82, 2.24) is 15.4 Å². The fourth-order valence-corrected chi connectivity index (χ4v) is 2.30. The summed E-state index contributed by atoms with van der Waals surface area (Å²) in [4.78, 5) is 11.9. The molecule has 0 unspecified atom stereocenters. The van der Waals surface area contributed by atoms with E-state index in [0.29, 0.717) is 6.54 Å². The molecule has 0 spiro atoms. The van der Waals surface area contributed by atoms with Gasteiger partial charge in [-0.1, -0.05) is 6.92 Å². The van der Waals surface area contributed by atoms with E-state index in [1.807, 2.05) is 6.92 Å². The molecule has 1 aliphatic rings. The maximum absolute atomic E-state index is 11.9. The SMILES string of the molecule is CC1(C(=O)NCCNS(C)(=O)=O)CCNCC1. The van der Waals surface area contributed by atoms with Crippen LogP contribution >= 0.6 is 0 Å². The second kappa shape index (κ2) is 5.79. The van der Waals surface area contributed by atoms with Gasteiger partial charge in [-0.05, 0) is 25.9 Å². The first-order chi connectivity index (χ1) is 7.83. The van der Waals surface area contributed by atoms with Crippen molar-refractivity contribution in [2.75, 3.05) is 32.4 Å². The molecule has 0 aliphatic carbocycles. The molecule has 0 aromatic heterocycles. The van der Waals surface area contributed by atoms with Gasteiger partial charge in [0, 0.05) is 18.5 Å². The Morgan fingerprint density at radius 1 is 1.29 bits per heavy atom. The Kier molecular flexibility index (Phi) is 4.91. The molecule has 0 bridgehead atoms. The van der Waals surface area contributed by atoms with Crippen molar-refractivity contribution in [3.63, 3.8) is 0 Å². The van der Waals surface area contributed by atoms with E-state index in [9.17, 15) is 13.2 Å². The zero-order valence-electron chi connectivity index (χ0n) is 10.4. The summed E-state index contributed by atoms with van der Waals surface area (Å²) in [5.74, 6) is 0.00861. The summed E-state index contributed by atoms with van der Waals surface area (Å²) in [7, 11) is -3.17. The summed E-state index contributed by atoms with van der Waals surface area (Å²) in [5, 5.41) is 5.98. The normalized spacial score (nSPS) is 19.9. The van der Waals surface area contributed by atoms with E-state index >= 15 is 0 Å². The topological polar surface area (TPSA) is 87.3 Å². The summed E-state index contributed by atoms with van der Waals surface area (Å²) >= 11 is 0. The van der Waals surface area contributed by atoms with Crippen molar-refractivity contribution in [2.45, 2.75) is 19.8 Å². The molecule has 6 nitrogen and oxygen atoms in total. The number of carbonyl (C=O) groups excluding carboxylic acids is 1. The Labute approximate surface area is 103 Å². The summed E-state index contributed by atoms with van der Waals surface area (Å²) in [6.45, 7) is 4.22. The van der Waals surface area contributed by atoms with Gasteiger partial charge in [0.1, 0.15) is 0 Å². The highest BCUT2D eigenvalue weighted by Gasteiger charge is 2.33. The van der Waals surface area contributed by atoms with E-state index in [4.69, 9.17) is 0 Å². The summed E-state index contributed by atoms with van der Waals surface area (Å²) in [5.41, 5.74) is -0.323. The highest BCUT2D eigenvalue weighted by atomic mass is 32.2. The fraction of sp³-hybridized carbons (Fsp3) is 0.900. The number of nitrogens with one attached hydrogen (secondary N) is 3. The number of piperidine rings is 1. The van der Waals surface area contributed by atoms with Crippen LogP contribution < -0.4 is 15.4 Å². The Balaban J connectivity index is 2.29. The summed E-state index contributed by atoms with van der Waals surface area (Å²) in [6, 6.07) is 0. The maximum atomic E-state index is 11.9. The molecule has 1 aliphatic heterocycles. The number of carbonyl (C=O) groups is 1. The van der Waals surface area contributed by atoms with Crippen molar-refractivity contribution in [1.29, 1.82) is 0 Å². The fourth-order valence-electron chi connectivity index (χ4n) is 1.83. The highest BCUT2D eigenvalue weighted by Crippen LogP contribution is 2.27. The molecule has 0 aromatic carbocycles. The second-order valence-corrected chi connectivity index (χ2v) is 6.57. The first-order valence-corrected chi connectivity index (χ1v) is 7.66. The predicted octanol–water partition coefficient (Wildman–Crippen LogP) is -0.958. The molecule has 3 N–H and O–H groups in total. The Bertz CT molecular complexity index is 361. The zero-order valence-corrected chi connectivity index (χ0v) is 11.2. The summed E-state index contributed by atoms with van der Waals surface area (Å²) < 4.78 is 24.0. The van der Waals surface area contributed by atoms with Crippen LogP contribution in [0.3, 0.4) is 0 Å². The molecular formula is C10H21N3O3S. The molecule has 7 heteroatoms. The van der Waals surface area contributed by atoms with Gasteiger partial charge in [0.25, 0.3) is 0 Å². The van der Waals surface area contributed by atoms with Gasteiger partial charge in [0.15, 0.2) is 0 Å². The van der Waals surface area contributed by atoms with E-state index in [0.717, 1.165) is 32.2 Å². The van der Waals surface area contributed by atoms with Crippen molar-refractivity contribution in [3.8, 4) is 0 Å². The molecule has 1 amide bonds. The number of hydrogen-bond acceptors (Lipinski definition) is 4. The maximum Gasteiger partial charge on any atom is 0.226 e. The third-order valence-electron chi connectivity index (χ3n) is 3.03. The van der Waals surface area contributed by atoms with Gasteiger partial charge in [-0.3, -0.25) is 4.79 Å². The van der Waals surface area contributed by atoms with Gasteiger partial charge in [-0.25, -0.2) is 13.1 Å². The lowest BCUT2D eigenvalue weighted by molar-refractivity contribution is -0.131. The Morgan fingerprint density at radius 3 is 2.41 bits per heavy atom. The number of hydrogen-bond donors (Lipinski definition) is 3. The molecule has 100 valence electrons. The number of amides is 1. The van der Waals surface area contributed by atoms with E-state index in [2.05, 4.69) is 15.4 Å². The van der Waals surface area contributed by atoms with Crippen LogP contribution in [0.15, 0.2) is 0 Å². The third-order valence-corrected chi connectivity index (χ3v) is 3.76. The van der Waals surface area contributed by atoms with Crippen LogP contribution in [0.25, 0.3) is 0 Å². The van der Waals surface area contributed by atoms with Crippen LogP contribution in [0.4, 0.5) is 0 Å². The minimum Gasteiger partial charge on any atom is -0.354 e. The van der Waals surface area contributed by atoms with Crippen molar-refractivity contribution < 1.29 is 13.2 Å². The van der Waals surface area contributed by atoms with E-state index in [1.165, 1.54) is 0 Å². The van der Waals surface area contributed by atoms with Crippen LogP contribution in [0, 0.1) is 5.41 Å². The van der Waals surface area contributed by atoms with E-state index in [1.54, 1.807) is 0 Å². The molecule has 1 rings (SSSR count). The van der Waals surface area contributed by atoms with E-state index < -0.39 is 10.0 Å². The van der Waals surface area contributed by atoms with Crippen LogP contribution in [0.5, 0.6) is 0 Å². The largest absolute Gasteiger partial charge is 0.354 e. The Morgan fingerprint density at radius 2 is 1.88 bits per heavy atom. The first kappa shape index (κ1) is 14.4. The standard InChI is InChI=1S/C10H21N3O3S/c1-10(3-5-11-6-4-10)9(14)12-7-8-13-17(2,15)16/h11,13H,3-8H2,1-2H3,(H,12,14). The predicted molar refractivity (Wildman–Crippen MR) is 66.1 cm³/mol. The van der Waals surface area contributed by atoms with Crippen LogP contribution in [-0.4, -0.2) is 46.8 Å². The number of sulfonamides is 1.